The van der Waals surface area contributed by atoms with E-state index in [-0.39, 0.29) is 38.9 Å². The molecule has 0 aromatic carbocycles. The van der Waals surface area contributed by atoms with Crippen LogP contribution < -0.4 is 16.0 Å². The quantitative estimate of drug-likeness (QED) is 0.272. The van der Waals surface area contributed by atoms with Crippen LogP contribution in [0.5, 0.6) is 0 Å². The zero-order chi connectivity index (χ0) is 18.1. The Morgan fingerprint density at radius 2 is 0.920 bits per heavy atom. The summed E-state index contributed by atoms with van der Waals surface area (Å²) in [5.41, 5.74) is -1.44. The number of rotatable bonds is 6. The van der Waals surface area contributed by atoms with Gasteiger partial charge >= 0.3 is 0 Å². The fraction of sp³-hybridized carbons (Fsp3) is 0.800. The molecule has 3 rings (SSSR count). The van der Waals surface area contributed by atoms with E-state index in [1.54, 1.807) is 0 Å². The lowest BCUT2D eigenvalue weighted by atomic mass is 10.2. The molecule has 0 radical (unpaired) electrons. The van der Waals surface area contributed by atoms with Crippen LogP contribution in [-0.2, 0) is 14.4 Å². The van der Waals surface area contributed by atoms with E-state index in [9.17, 15) is 29.7 Å². The van der Waals surface area contributed by atoms with Crippen molar-refractivity contribution in [3.63, 3.8) is 0 Å². The third-order valence-corrected chi connectivity index (χ3v) is 7.14. The SMILES string of the molecule is O=C([C@@H]1C[C@@H](O)CN1)P(C(=O)[C@@H]1C[C@@H](O)CN1)C(=O)[C@@H]1C[C@@H](O)CN1. The minimum Gasteiger partial charge on any atom is -0.392 e. The van der Waals surface area contributed by atoms with Crippen LogP contribution in [0.25, 0.3) is 0 Å². The molecule has 6 N–H and O–H groups in total. The highest BCUT2D eigenvalue weighted by atomic mass is 31.1. The van der Waals surface area contributed by atoms with Gasteiger partial charge in [0.2, 0.25) is 0 Å². The van der Waals surface area contributed by atoms with Crippen molar-refractivity contribution < 1.29 is 29.7 Å². The van der Waals surface area contributed by atoms with E-state index in [2.05, 4.69) is 16.0 Å². The summed E-state index contributed by atoms with van der Waals surface area (Å²) in [5.74, 6) is 0. The van der Waals surface area contributed by atoms with Crippen molar-refractivity contribution in [1.82, 2.24) is 16.0 Å². The molecule has 0 bridgehead atoms. The summed E-state index contributed by atoms with van der Waals surface area (Å²) in [7, 11) is -2.27. The number of hydrogen-bond donors (Lipinski definition) is 6. The predicted octanol–water partition coefficient (Wildman–Crippen LogP) is -2.78. The fourth-order valence-electron chi connectivity index (χ4n) is 3.51. The first-order valence-corrected chi connectivity index (χ1v) is 9.87. The zero-order valence-electron chi connectivity index (χ0n) is 13.7. The van der Waals surface area contributed by atoms with Crippen LogP contribution in [-0.4, -0.2) is 88.0 Å². The predicted molar refractivity (Wildman–Crippen MR) is 89.2 cm³/mol. The second-order valence-electron chi connectivity index (χ2n) is 6.90. The van der Waals surface area contributed by atoms with Gasteiger partial charge in [-0.2, -0.15) is 0 Å². The number of carbonyl (C=O) groups is 3. The minimum absolute atomic E-state index is 0.180. The Hall–Kier alpha value is -0.800. The van der Waals surface area contributed by atoms with E-state index in [1.165, 1.54) is 0 Å². The summed E-state index contributed by atoms with van der Waals surface area (Å²) in [6, 6.07) is -2.15. The number of hydrogen-bond acceptors (Lipinski definition) is 9. The normalized spacial score (nSPS) is 38.4. The molecule has 25 heavy (non-hydrogen) atoms. The van der Waals surface area contributed by atoms with Gasteiger partial charge in [0.1, 0.15) is 7.92 Å². The largest absolute Gasteiger partial charge is 0.392 e. The molecule has 3 saturated heterocycles. The molecule has 3 aliphatic heterocycles. The summed E-state index contributed by atoms with van der Waals surface area (Å²) in [4.78, 5) is 38.7. The number of carbonyl (C=O) groups excluding carboxylic acids is 3. The van der Waals surface area contributed by atoms with Crippen molar-refractivity contribution in [3.05, 3.63) is 0 Å². The first kappa shape index (κ1) is 19.0. The van der Waals surface area contributed by atoms with Gasteiger partial charge in [0.25, 0.3) is 0 Å². The fourth-order valence-corrected chi connectivity index (χ4v) is 5.69. The van der Waals surface area contributed by atoms with Crippen LogP contribution in [0, 0.1) is 0 Å². The summed E-state index contributed by atoms with van der Waals surface area (Å²) in [6.45, 7) is 0.758. The van der Waals surface area contributed by atoms with E-state index in [1.807, 2.05) is 0 Å². The molecule has 3 fully saturated rings. The van der Waals surface area contributed by atoms with Gasteiger partial charge in [-0.1, -0.05) is 0 Å². The molecule has 0 aliphatic carbocycles. The van der Waals surface area contributed by atoms with E-state index >= 15 is 0 Å². The molecule has 0 amide bonds. The lowest BCUT2D eigenvalue weighted by Gasteiger charge is -2.23. The van der Waals surface area contributed by atoms with Gasteiger partial charge in [-0.05, 0) is 19.3 Å². The first-order chi connectivity index (χ1) is 11.9. The summed E-state index contributed by atoms with van der Waals surface area (Å²) in [6.07, 6.45) is -1.48. The molecule has 140 valence electrons. The van der Waals surface area contributed by atoms with Crippen LogP contribution >= 0.6 is 7.92 Å². The van der Waals surface area contributed by atoms with E-state index in [0.29, 0.717) is 0 Å². The minimum atomic E-state index is -2.27. The van der Waals surface area contributed by atoms with E-state index < -0.39 is 60.9 Å². The molecule has 0 aromatic heterocycles. The smallest absolute Gasteiger partial charge is 0.186 e. The van der Waals surface area contributed by atoms with Crippen molar-refractivity contribution in [1.29, 1.82) is 0 Å². The Kier molecular flexibility index (Phi) is 5.95. The highest BCUT2D eigenvalue weighted by molar-refractivity contribution is 8.02. The van der Waals surface area contributed by atoms with Crippen molar-refractivity contribution >= 4 is 24.5 Å². The van der Waals surface area contributed by atoms with Crippen molar-refractivity contribution in [2.75, 3.05) is 19.6 Å². The van der Waals surface area contributed by atoms with Crippen molar-refractivity contribution in [2.24, 2.45) is 0 Å². The number of aliphatic hydroxyl groups is 3. The molecule has 3 heterocycles. The average Bonchev–Trinajstić information content (AvgIpc) is 3.28. The van der Waals surface area contributed by atoms with Gasteiger partial charge in [-0.25, -0.2) is 0 Å². The van der Waals surface area contributed by atoms with Gasteiger partial charge in [0.05, 0.1) is 36.4 Å². The maximum absolute atomic E-state index is 12.9. The Balaban J connectivity index is 1.78. The van der Waals surface area contributed by atoms with Crippen molar-refractivity contribution in [3.8, 4) is 0 Å². The summed E-state index contributed by atoms with van der Waals surface area (Å²) in [5, 5.41) is 37.5. The highest BCUT2D eigenvalue weighted by Gasteiger charge is 2.47. The number of nitrogens with one attached hydrogen (secondary N) is 3. The maximum Gasteiger partial charge on any atom is 0.186 e. The second kappa shape index (κ2) is 7.84. The average molecular weight is 373 g/mol. The van der Waals surface area contributed by atoms with Crippen LogP contribution in [0.2, 0.25) is 0 Å². The lowest BCUT2D eigenvalue weighted by molar-refractivity contribution is -0.118. The molecule has 3 aliphatic rings. The van der Waals surface area contributed by atoms with Gasteiger partial charge in [0, 0.05) is 19.6 Å². The van der Waals surface area contributed by atoms with Gasteiger partial charge in [-0.15, -0.1) is 0 Å². The van der Waals surface area contributed by atoms with E-state index in [0.717, 1.165) is 0 Å². The molecule has 9 nitrogen and oxygen atoms in total. The standard InChI is InChI=1S/C15H24N3O6P/c19-7-1-10(16-4-7)13(22)25(14(23)11-2-8(20)5-17-11)15(24)12-3-9(21)6-18-12/h7-12,16-21H,1-6H2/t7-,8-,9-,10+,11+,12+/m1/s1. The molecule has 6 atom stereocenters. The molecule has 0 saturated carbocycles. The Morgan fingerprint density at radius 3 is 1.12 bits per heavy atom. The van der Waals surface area contributed by atoms with Gasteiger partial charge in [-0.3, -0.25) is 14.4 Å². The lowest BCUT2D eigenvalue weighted by Crippen LogP contribution is -2.41. The first-order valence-electron chi connectivity index (χ1n) is 8.52. The van der Waals surface area contributed by atoms with Crippen LogP contribution in [0.1, 0.15) is 19.3 Å². The molecule has 0 spiro atoms. The monoisotopic (exact) mass is 373 g/mol. The summed E-state index contributed by atoms with van der Waals surface area (Å²) >= 11 is 0. The molecule has 10 heteroatoms. The molecular weight excluding hydrogens is 349 g/mol. The molecule has 0 unspecified atom stereocenters. The van der Waals surface area contributed by atoms with E-state index in [4.69, 9.17) is 0 Å². The summed E-state index contributed by atoms with van der Waals surface area (Å²) < 4.78 is 0. The zero-order valence-corrected chi connectivity index (χ0v) is 14.6. The van der Waals surface area contributed by atoms with Gasteiger partial charge < -0.3 is 31.3 Å². The Bertz CT molecular complexity index is 485. The third kappa shape index (κ3) is 4.14. The molecular formula is C15H24N3O6P. The Labute approximate surface area is 146 Å². The second-order valence-corrected chi connectivity index (χ2v) is 8.89. The van der Waals surface area contributed by atoms with Crippen LogP contribution in [0.3, 0.4) is 0 Å². The van der Waals surface area contributed by atoms with Crippen molar-refractivity contribution in [2.45, 2.75) is 55.7 Å². The van der Waals surface area contributed by atoms with Gasteiger partial charge in [0.15, 0.2) is 16.6 Å². The van der Waals surface area contributed by atoms with Crippen LogP contribution in [0.4, 0.5) is 0 Å². The number of β-amino-alcohol motifs (C(OH)–C–C–N with tert-alkyl or cyclic N) is 3. The topological polar surface area (TPSA) is 148 Å². The Morgan fingerprint density at radius 1 is 0.640 bits per heavy atom. The van der Waals surface area contributed by atoms with Crippen LogP contribution in [0.15, 0.2) is 0 Å². The maximum atomic E-state index is 12.9. The number of aliphatic hydroxyl groups excluding tert-OH is 3. The highest BCUT2D eigenvalue weighted by Crippen LogP contribution is 2.45. The third-order valence-electron chi connectivity index (χ3n) is 4.88. The molecule has 0 aromatic rings.